The van der Waals surface area contributed by atoms with Crippen LogP contribution in [0, 0.1) is 0 Å². The van der Waals surface area contributed by atoms with Crippen LogP contribution in [0.3, 0.4) is 0 Å². The number of hydrogen-bond donors (Lipinski definition) is 4. The number of ether oxygens (including phenoxy) is 3. The minimum atomic E-state index is -0.0597. The van der Waals surface area contributed by atoms with Crippen molar-refractivity contribution in [1.82, 2.24) is 36.3 Å². The van der Waals surface area contributed by atoms with Crippen LogP contribution in [0.1, 0.15) is 37.8 Å². The lowest BCUT2D eigenvalue weighted by Gasteiger charge is -2.16. The molecule has 0 unspecified atom stereocenters. The third kappa shape index (κ3) is 12.7. The standard InChI is InChI=1S/C24H42N10O5S/c25-32-28-7-3-6-26-16-19-17-34(33-31-19)9-11-38-13-15-39-14-12-37-10-8-27-22(35)5-2-1-4-21-23-20(18-40-21)29-24(36)30-23/h17,20-21,23,26H,1-16,18H2,(H,27,35)(H2,29,30,36)/t20-,21-,23-/m0/s1. The monoisotopic (exact) mass is 582 g/mol. The van der Waals surface area contributed by atoms with Gasteiger partial charge in [0.25, 0.3) is 0 Å². The number of fused-ring (bicyclic) bond motifs is 1. The zero-order valence-corrected chi connectivity index (χ0v) is 23.8. The van der Waals surface area contributed by atoms with Gasteiger partial charge in [-0.15, -0.1) is 5.10 Å². The van der Waals surface area contributed by atoms with Crippen LogP contribution in [0.5, 0.6) is 0 Å². The van der Waals surface area contributed by atoms with Gasteiger partial charge >= 0.3 is 6.03 Å². The number of azide groups is 1. The SMILES string of the molecule is [N-]=[N+]=NCCCNCc1cn(CCOCCOCCOCCNC(=O)CCCC[C@@H]2SC[C@@H]3NC(=O)N[C@@H]32)nn1. The lowest BCUT2D eigenvalue weighted by atomic mass is 10.0. The number of amides is 3. The van der Waals surface area contributed by atoms with Crippen LogP contribution in [-0.2, 0) is 32.1 Å². The van der Waals surface area contributed by atoms with Gasteiger partial charge in [0.05, 0.1) is 64.0 Å². The molecule has 3 amide bonds. The third-order valence-electron chi connectivity index (χ3n) is 6.43. The molecule has 0 radical (unpaired) electrons. The molecule has 0 aliphatic carbocycles. The normalized spacial score (nSPS) is 19.6. The highest BCUT2D eigenvalue weighted by Crippen LogP contribution is 2.33. The minimum Gasteiger partial charge on any atom is -0.377 e. The number of carbonyl (C=O) groups excluding carboxylic acids is 2. The average molecular weight is 583 g/mol. The first kappa shape index (κ1) is 31.9. The molecule has 4 N–H and O–H groups in total. The fourth-order valence-corrected chi connectivity index (χ4v) is 5.93. The molecule has 0 saturated carbocycles. The summed E-state index contributed by atoms with van der Waals surface area (Å²) in [7, 11) is 0. The summed E-state index contributed by atoms with van der Waals surface area (Å²) >= 11 is 1.90. The molecule has 40 heavy (non-hydrogen) atoms. The molecule has 0 spiro atoms. The lowest BCUT2D eigenvalue weighted by Crippen LogP contribution is -2.36. The second-order valence-electron chi connectivity index (χ2n) is 9.51. The number of unbranched alkanes of at least 4 members (excludes halogenated alkanes) is 1. The summed E-state index contributed by atoms with van der Waals surface area (Å²) < 4.78 is 18.3. The Bertz CT molecular complexity index is 932. The Labute approximate surface area is 238 Å². The molecule has 3 rings (SSSR count). The van der Waals surface area contributed by atoms with E-state index in [0.717, 1.165) is 43.7 Å². The number of carbonyl (C=O) groups is 2. The molecule has 3 atom stereocenters. The highest BCUT2D eigenvalue weighted by atomic mass is 32.2. The van der Waals surface area contributed by atoms with E-state index in [1.165, 1.54) is 0 Å². The third-order valence-corrected chi connectivity index (χ3v) is 7.93. The Kier molecular flexibility index (Phi) is 15.5. The Hall–Kier alpha value is -2.62. The molecule has 2 aliphatic rings. The van der Waals surface area contributed by atoms with E-state index >= 15 is 0 Å². The quantitative estimate of drug-likeness (QED) is 0.0479. The van der Waals surface area contributed by atoms with Gasteiger partial charge in [-0.3, -0.25) is 4.79 Å². The molecule has 0 bridgehead atoms. The van der Waals surface area contributed by atoms with Crippen LogP contribution in [0.2, 0.25) is 0 Å². The van der Waals surface area contributed by atoms with Gasteiger partial charge in [-0.2, -0.15) is 11.8 Å². The molecule has 1 aromatic rings. The van der Waals surface area contributed by atoms with Gasteiger partial charge in [-0.05, 0) is 31.3 Å². The molecule has 1 aromatic heterocycles. The van der Waals surface area contributed by atoms with Crippen molar-refractivity contribution in [3.63, 3.8) is 0 Å². The van der Waals surface area contributed by atoms with Gasteiger partial charge in [0, 0.05) is 48.2 Å². The number of aromatic nitrogens is 3. The van der Waals surface area contributed by atoms with Crippen molar-refractivity contribution >= 4 is 23.7 Å². The Morgan fingerprint density at radius 2 is 1.93 bits per heavy atom. The Balaban J connectivity index is 1.03. The largest absolute Gasteiger partial charge is 0.377 e. The van der Waals surface area contributed by atoms with Crippen molar-refractivity contribution in [2.45, 2.75) is 62.5 Å². The summed E-state index contributed by atoms with van der Waals surface area (Å²) in [5.74, 6) is 1.01. The summed E-state index contributed by atoms with van der Waals surface area (Å²) in [6.07, 6.45) is 6.00. The van der Waals surface area contributed by atoms with Crippen LogP contribution < -0.4 is 21.3 Å². The highest BCUT2D eigenvalue weighted by Gasteiger charge is 2.42. The average Bonchev–Trinajstić information content (AvgIpc) is 3.65. The first-order chi connectivity index (χ1) is 19.7. The molecule has 2 saturated heterocycles. The van der Waals surface area contributed by atoms with E-state index in [0.29, 0.717) is 77.5 Å². The van der Waals surface area contributed by atoms with Gasteiger partial charge in [0.15, 0.2) is 0 Å². The molecule has 16 heteroatoms. The van der Waals surface area contributed by atoms with E-state index in [1.54, 1.807) is 4.68 Å². The molecule has 15 nitrogen and oxygen atoms in total. The zero-order valence-electron chi connectivity index (χ0n) is 23.0. The van der Waals surface area contributed by atoms with Crippen molar-refractivity contribution in [3.8, 4) is 0 Å². The summed E-state index contributed by atoms with van der Waals surface area (Å²) in [6, 6.07) is 0.414. The number of thioether (sulfide) groups is 1. The molecule has 224 valence electrons. The predicted octanol–water partition coefficient (Wildman–Crippen LogP) is 0.960. The number of rotatable bonds is 23. The van der Waals surface area contributed by atoms with E-state index < -0.39 is 0 Å². The first-order valence-corrected chi connectivity index (χ1v) is 15.0. The second-order valence-corrected chi connectivity index (χ2v) is 10.8. The summed E-state index contributed by atoms with van der Waals surface area (Å²) in [5.41, 5.74) is 9.08. The summed E-state index contributed by atoms with van der Waals surface area (Å²) in [6.45, 7) is 5.79. The van der Waals surface area contributed by atoms with Crippen LogP contribution in [-0.4, -0.2) is 109 Å². The molecule has 2 aliphatic heterocycles. The van der Waals surface area contributed by atoms with Gasteiger partial charge in [-0.25, -0.2) is 9.48 Å². The number of hydrogen-bond acceptors (Lipinski definition) is 10. The van der Waals surface area contributed by atoms with Crippen molar-refractivity contribution in [3.05, 3.63) is 22.3 Å². The minimum absolute atomic E-state index is 0.0439. The Morgan fingerprint density at radius 1 is 1.12 bits per heavy atom. The second kappa shape index (κ2) is 19.5. The summed E-state index contributed by atoms with van der Waals surface area (Å²) in [4.78, 5) is 26.2. The Morgan fingerprint density at radius 3 is 2.75 bits per heavy atom. The molecular weight excluding hydrogens is 540 g/mol. The maximum atomic E-state index is 12.0. The highest BCUT2D eigenvalue weighted by molar-refractivity contribution is 8.00. The smallest absolute Gasteiger partial charge is 0.315 e. The van der Waals surface area contributed by atoms with Gasteiger partial charge in [0.1, 0.15) is 0 Å². The van der Waals surface area contributed by atoms with E-state index in [2.05, 4.69) is 41.6 Å². The lowest BCUT2D eigenvalue weighted by molar-refractivity contribution is -0.121. The van der Waals surface area contributed by atoms with Gasteiger partial charge in [-0.1, -0.05) is 16.7 Å². The maximum Gasteiger partial charge on any atom is 0.315 e. The zero-order chi connectivity index (χ0) is 28.3. The fraction of sp³-hybridized carbons (Fsp3) is 0.833. The number of urea groups is 1. The number of nitrogens with one attached hydrogen (secondary N) is 4. The van der Waals surface area contributed by atoms with E-state index in [4.69, 9.17) is 19.7 Å². The van der Waals surface area contributed by atoms with Crippen LogP contribution in [0.4, 0.5) is 4.79 Å². The van der Waals surface area contributed by atoms with Crippen LogP contribution in [0.15, 0.2) is 11.3 Å². The van der Waals surface area contributed by atoms with Crippen molar-refractivity contribution in [2.24, 2.45) is 5.11 Å². The van der Waals surface area contributed by atoms with Gasteiger partial charge < -0.3 is 35.5 Å². The predicted molar refractivity (Wildman–Crippen MR) is 150 cm³/mol. The maximum absolute atomic E-state index is 12.0. The summed E-state index contributed by atoms with van der Waals surface area (Å²) in [5, 5.41) is 24.2. The molecular formula is C24H42N10O5S. The number of nitrogens with zero attached hydrogens (tertiary/aromatic N) is 6. The van der Waals surface area contributed by atoms with Crippen LogP contribution >= 0.6 is 11.8 Å². The van der Waals surface area contributed by atoms with Crippen molar-refractivity contribution < 1.29 is 23.8 Å². The van der Waals surface area contributed by atoms with Gasteiger partial charge in [0.2, 0.25) is 5.91 Å². The molecule has 3 heterocycles. The van der Waals surface area contributed by atoms with E-state index in [-0.39, 0.29) is 24.0 Å². The van der Waals surface area contributed by atoms with Crippen LogP contribution in [0.25, 0.3) is 10.4 Å². The first-order valence-electron chi connectivity index (χ1n) is 13.9. The van der Waals surface area contributed by atoms with Crippen molar-refractivity contribution in [2.75, 3.05) is 65.0 Å². The van der Waals surface area contributed by atoms with Crippen molar-refractivity contribution in [1.29, 1.82) is 0 Å². The van der Waals surface area contributed by atoms with E-state index in [1.807, 2.05) is 18.0 Å². The molecule has 2 fully saturated rings. The van der Waals surface area contributed by atoms with E-state index in [9.17, 15) is 9.59 Å². The topological polar surface area (TPSA) is 189 Å². The fourth-order valence-electron chi connectivity index (χ4n) is 4.39. The molecule has 0 aromatic carbocycles.